The largest absolute Gasteiger partial charge is 0.494 e. The predicted octanol–water partition coefficient (Wildman–Crippen LogP) is 1.57. The molecule has 16 heavy (non-hydrogen) atoms. The Morgan fingerprint density at radius 3 is 2.62 bits per heavy atom. The van der Waals surface area contributed by atoms with Gasteiger partial charge in [0, 0.05) is 0 Å². The Morgan fingerprint density at radius 2 is 2.06 bits per heavy atom. The first-order valence-electron chi connectivity index (χ1n) is 5.18. The maximum absolute atomic E-state index is 8.53. The van der Waals surface area contributed by atoms with Crippen molar-refractivity contribution < 1.29 is 14.7 Å². The summed E-state index contributed by atoms with van der Waals surface area (Å²) in [6.45, 7) is 6.61. The number of hydroxylamine groups is 1. The lowest BCUT2D eigenvalue weighted by molar-refractivity contribution is 0.0481. The first-order chi connectivity index (χ1) is 7.77. The van der Waals surface area contributed by atoms with Gasteiger partial charge in [0.2, 0.25) is 0 Å². The van der Waals surface area contributed by atoms with Crippen LogP contribution < -0.4 is 10.2 Å². The normalized spacial score (nSPS) is 9.88. The van der Waals surface area contributed by atoms with Crippen LogP contribution in [-0.4, -0.2) is 24.9 Å². The molecule has 0 unspecified atom stereocenters. The highest BCUT2D eigenvalue weighted by Crippen LogP contribution is 2.15. The van der Waals surface area contributed by atoms with Gasteiger partial charge < -0.3 is 9.84 Å². The Balaban J connectivity index is 2.49. The van der Waals surface area contributed by atoms with E-state index in [1.165, 1.54) is 0 Å². The highest BCUT2D eigenvalue weighted by Gasteiger charge is 1.99. The summed E-state index contributed by atoms with van der Waals surface area (Å²) in [5, 5.41) is 8.53. The van der Waals surface area contributed by atoms with Gasteiger partial charge in [0.25, 0.3) is 0 Å². The summed E-state index contributed by atoms with van der Waals surface area (Å²) in [5.41, 5.74) is 4.22. The molecule has 0 aliphatic carbocycles. The first-order valence-corrected chi connectivity index (χ1v) is 5.18. The Kier molecular flexibility index (Phi) is 5.39. The molecule has 0 aliphatic rings. The summed E-state index contributed by atoms with van der Waals surface area (Å²) in [7, 11) is 0. The first kappa shape index (κ1) is 12.5. The zero-order valence-electron chi connectivity index (χ0n) is 9.40. The van der Waals surface area contributed by atoms with E-state index in [4.69, 9.17) is 14.7 Å². The van der Waals surface area contributed by atoms with Crippen LogP contribution in [0.3, 0.4) is 0 Å². The number of aliphatic hydroxyl groups is 1. The SMILES string of the molecule is C=C(NOCCO)c1ccc(OCC)cc1. The molecule has 0 amide bonds. The van der Waals surface area contributed by atoms with E-state index in [1.807, 2.05) is 31.2 Å². The van der Waals surface area contributed by atoms with E-state index in [-0.39, 0.29) is 13.2 Å². The van der Waals surface area contributed by atoms with Gasteiger partial charge >= 0.3 is 0 Å². The van der Waals surface area contributed by atoms with Crippen LogP contribution in [0, 0.1) is 0 Å². The maximum Gasteiger partial charge on any atom is 0.119 e. The molecule has 1 aromatic rings. The fraction of sp³-hybridized carbons (Fsp3) is 0.333. The molecule has 0 saturated carbocycles. The van der Waals surface area contributed by atoms with Gasteiger partial charge in [0.05, 0.1) is 25.5 Å². The molecule has 2 N–H and O–H groups in total. The van der Waals surface area contributed by atoms with Gasteiger partial charge in [0.1, 0.15) is 5.75 Å². The fourth-order valence-corrected chi connectivity index (χ4v) is 1.16. The van der Waals surface area contributed by atoms with Crippen LogP contribution in [0.15, 0.2) is 30.8 Å². The second kappa shape index (κ2) is 6.87. The Bertz CT molecular complexity index is 322. The van der Waals surface area contributed by atoms with Gasteiger partial charge in [-0.3, -0.25) is 10.3 Å². The maximum atomic E-state index is 8.53. The van der Waals surface area contributed by atoms with Gasteiger partial charge in [-0.05, 0) is 36.8 Å². The van der Waals surface area contributed by atoms with Crippen LogP contribution in [0.4, 0.5) is 0 Å². The average Bonchev–Trinajstić information content (AvgIpc) is 2.30. The molecule has 1 rings (SSSR count). The standard InChI is InChI=1S/C12H17NO3/c1-3-15-12-6-4-11(5-7-12)10(2)13-16-9-8-14/h4-7,13-14H,2-3,8-9H2,1H3. The van der Waals surface area contributed by atoms with E-state index in [0.717, 1.165) is 11.3 Å². The van der Waals surface area contributed by atoms with Crippen molar-refractivity contribution in [1.29, 1.82) is 0 Å². The molecule has 0 spiro atoms. The van der Waals surface area contributed by atoms with Crippen molar-refractivity contribution in [1.82, 2.24) is 5.48 Å². The van der Waals surface area contributed by atoms with E-state index in [0.29, 0.717) is 12.3 Å². The van der Waals surface area contributed by atoms with Crippen molar-refractivity contribution in [3.8, 4) is 5.75 Å². The molecule has 88 valence electrons. The highest BCUT2D eigenvalue weighted by molar-refractivity contribution is 5.61. The number of rotatable bonds is 7. The van der Waals surface area contributed by atoms with Gasteiger partial charge in [-0.1, -0.05) is 6.58 Å². The minimum Gasteiger partial charge on any atom is -0.494 e. The number of nitrogens with one attached hydrogen (secondary N) is 1. The number of hydrogen-bond donors (Lipinski definition) is 2. The van der Waals surface area contributed by atoms with E-state index in [9.17, 15) is 0 Å². The van der Waals surface area contributed by atoms with E-state index < -0.39 is 0 Å². The molecule has 0 heterocycles. The monoisotopic (exact) mass is 223 g/mol. The molecule has 4 heteroatoms. The van der Waals surface area contributed by atoms with Crippen molar-refractivity contribution in [3.05, 3.63) is 36.4 Å². The lowest BCUT2D eigenvalue weighted by atomic mass is 10.2. The molecule has 0 radical (unpaired) electrons. The number of benzene rings is 1. The fourth-order valence-electron chi connectivity index (χ4n) is 1.16. The van der Waals surface area contributed by atoms with Crippen LogP contribution >= 0.6 is 0 Å². The van der Waals surface area contributed by atoms with Crippen molar-refractivity contribution in [2.75, 3.05) is 19.8 Å². The van der Waals surface area contributed by atoms with Gasteiger partial charge in [-0.15, -0.1) is 0 Å². The summed E-state index contributed by atoms with van der Waals surface area (Å²) in [6.07, 6.45) is 0. The van der Waals surface area contributed by atoms with E-state index >= 15 is 0 Å². The van der Waals surface area contributed by atoms with Crippen LogP contribution in [0.5, 0.6) is 5.75 Å². The van der Waals surface area contributed by atoms with Crippen LogP contribution in [0.1, 0.15) is 12.5 Å². The molecule has 4 nitrogen and oxygen atoms in total. The molecule has 1 aromatic carbocycles. The zero-order valence-corrected chi connectivity index (χ0v) is 9.40. The van der Waals surface area contributed by atoms with Gasteiger partial charge in [-0.25, -0.2) is 0 Å². The molecule has 0 aliphatic heterocycles. The quantitative estimate of drug-likeness (QED) is 0.544. The topological polar surface area (TPSA) is 50.7 Å². The summed E-state index contributed by atoms with van der Waals surface area (Å²) in [5.74, 6) is 0.829. The molecular formula is C12H17NO3. The van der Waals surface area contributed by atoms with Crippen molar-refractivity contribution in [2.45, 2.75) is 6.92 Å². The second-order valence-corrected chi connectivity index (χ2v) is 3.11. The van der Waals surface area contributed by atoms with Crippen LogP contribution in [0.2, 0.25) is 0 Å². The number of hydrogen-bond acceptors (Lipinski definition) is 4. The molecule has 0 saturated heterocycles. The Hall–Kier alpha value is -1.52. The summed E-state index contributed by atoms with van der Waals surface area (Å²) >= 11 is 0. The third kappa shape index (κ3) is 3.92. The minimum absolute atomic E-state index is 0.0242. The lowest BCUT2D eigenvalue weighted by Crippen LogP contribution is -2.14. The highest BCUT2D eigenvalue weighted by atomic mass is 16.6. The summed E-state index contributed by atoms with van der Waals surface area (Å²) in [6, 6.07) is 7.53. The van der Waals surface area contributed by atoms with Crippen molar-refractivity contribution in [3.63, 3.8) is 0 Å². The predicted molar refractivity (Wildman–Crippen MR) is 62.8 cm³/mol. The zero-order chi connectivity index (χ0) is 11.8. The van der Waals surface area contributed by atoms with Crippen LogP contribution in [0.25, 0.3) is 5.70 Å². The summed E-state index contributed by atoms with van der Waals surface area (Å²) < 4.78 is 5.32. The molecule has 0 bridgehead atoms. The van der Waals surface area contributed by atoms with Gasteiger partial charge in [-0.2, -0.15) is 0 Å². The third-order valence-electron chi connectivity index (χ3n) is 1.90. The van der Waals surface area contributed by atoms with Crippen molar-refractivity contribution in [2.24, 2.45) is 0 Å². The number of ether oxygens (including phenoxy) is 1. The molecule has 0 atom stereocenters. The number of aliphatic hydroxyl groups excluding tert-OH is 1. The smallest absolute Gasteiger partial charge is 0.119 e. The lowest BCUT2D eigenvalue weighted by Gasteiger charge is -2.09. The van der Waals surface area contributed by atoms with Crippen LogP contribution in [-0.2, 0) is 4.84 Å². The van der Waals surface area contributed by atoms with Gasteiger partial charge in [0.15, 0.2) is 0 Å². The molecule has 0 fully saturated rings. The Labute approximate surface area is 95.5 Å². The molecule has 0 aromatic heterocycles. The Morgan fingerprint density at radius 1 is 1.38 bits per heavy atom. The second-order valence-electron chi connectivity index (χ2n) is 3.11. The minimum atomic E-state index is -0.0242. The van der Waals surface area contributed by atoms with E-state index in [1.54, 1.807) is 0 Å². The molecular weight excluding hydrogens is 206 g/mol. The average molecular weight is 223 g/mol. The van der Waals surface area contributed by atoms with Crippen molar-refractivity contribution >= 4 is 5.70 Å². The summed E-state index contributed by atoms with van der Waals surface area (Å²) in [4.78, 5) is 4.95. The van der Waals surface area contributed by atoms with E-state index in [2.05, 4.69) is 12.1 Å². The third-order valence-corrected chi connectivity index (χ3v) is 1.90.